The second kappa shape index (κ2) is 8.34. The van der Waals surface area contributed by atoms with E-state index in [2.05, 4.69) is 0 Å². The van der Waals surface area contributed by atoms with Crippen molar-refractivity contribution in [2.45, 2.75) is 11.4 Å². The molecule has 1 amide bonds. The molecule has 1 aliphatic rings. The number of hydrogen-bond acceptors (Lipinski definition) is 4. The fourth-order valence-electron chi connectivity index (χ4n) is 2.92. The summed E-state index contributed by atoms with van der Waals surface area (Å²) in [6, 6.07) is 8.97. The summed E-state index contributed by atoms with van der Waals surface area (Å²) in [6.45, 7) is 0.927. The molecule has 0 radical (unpaired) electrons. The molecule has 2 aromatic carbocycles. The van der Waals surface area contributed by atoms with Gasteiger partial charge in [0.15, 0.2) is 0 Å². The van der Waals surface area contributed by atoms with E-state index >= 15 is 0 Å². The van der Waals surface area contributed by atoms with Gasteiger partial charge in [-0.25, -0.2) is 17.2 Å². The van der Waals surface area contributed by atoms with Crippen molar-refractivity contribution < 1.29 is 26.7 Å². The number of sulfonamides is 1. The number of rotatable bonds is 5. The van der Waals surface area contributed by atoms with Gasteiger partial charge in [-0.1, -0.05) is 12.1 Å². The van der Waals surface area contributed by atoms with Gasteiger partial charge in [-0.2, -0.15) is 4.31 Å². The van der Waals surface area contributed by atoms with E-state index in [1.54, 1.807) is 12.1 Å². The van der Waals surface area contributed by atoms with E-state index in [1.807, 2.05) is 0 Å². The van der Waals surface area contributed by atoms with E-state index in [9.17, 15) is 22.0 Å². The van der Waals surface area contributed by atoms with Crippen LogP contribution in [0.5, 0.6) is 0 Å². The van der Waals surface area contributed by atoms with Crippen molar-refractivity contribution in [1.82, 2.24) is 9.21 Å². The van der Waals surface area contributed by atoms with Crippen LogP contribution in [0.1, 0.15) is 15.9 Å². The topological polar surface area (TPSA) is 66.9 Å². The maximum Gasteiger partial charge on any atom is 0.253 e. The second-order valence-electron chi connectivity index (χ2n) is 6.45. The molecule has 0 atom stereocenters. The molecule has 0 unspecified atom stereocenters. The van der Waals surface area contributed by atoms with Crippen LogP contribution in [0.2, 0.25) is 0 Å². The molecule has 6 nitrogen and oxygen atoms in total. The fraction of sp³-hybridized carbons (Fsp3) is 0.316. The van der Waals surface area contributed by atoms with Crippen LogP contribution in [-0.4, -0.2) is 56.9 Å². The van der Waals surface area contributed by atoms with E-state index < -0.39 is 26.6 Å². The average Bonchev–Trinajstić information content (AvgIpc) is 2.70. The zero-order chi connectivity index (χ0) is 20.3. The van der Waals surface area contributed by atoms with Crippen molar-refractivity contribution in [1.29, 1.82) is 0 Å². The highest BCUT2D eigenvalue weighted by Gasteiger charge is 2.30. The first-order valence-electron chi connectivity index (χ1n) is 8.66. The van der Waals surface area contributed by atoms with Crippen LogP contribution in [0.4, 0.5) is 8.78 Å². The Morgan fingerprint density at radius 2 is 1.75 bits per heavy atom. The number of nitrogens with zero attached hydrogens (tertiary/aromatic N) is 2. The molecule has 1 aliphatic heterocycles. The molecule has 0 aliphatic carbocycles. The van der Waals surface area contributed by atoms with Crippen molar-refractivity contribution >= 4 is 15.9 Å². The van der Waals surface area contributed by atoms with Crippen LogP contribution >= 0.6 is 0 Å². The summed E-state index contributed by atoms with van der Waals surface area (Å²) < 4.78 is 59.1. The summed E-state index contributed by atoms with van der Waals surface area (Å²) in [5.74, 6) is -1.76. The number of hydrogen-bond donors (Lipinski definition) is 0. The summed E-state index contributed by atoms with van der Waals surface area (Å²) in [6.07, 6.45) is 0. The number of halogens is 2. The highest BCUT2D eigenvalue weighted by molar-refractivity contribution is 7.89. The largest absolute Gasteiger partial charge is 0.379 e. The van der Waals surface area contributed by atoms with Crippen LogP contribution in [0, 0.1) is 11.6 Å². The van der Waals surface area contributed by atoms with E-state index in [0.29, 0.717) is 5.56 Å². The molecule has 0 saturated carbocycles. The minimum absolute atomic E-state index is 0.0536. The predicted octanol–water partition coefficient (Wildman–Crippen LogP) is 2.26. The van der Waals surface area contributed by atoms with Crippen molar-refractivity contribution in [2.24, 2.45) is 0 Å². The lowest BCUT2D eigenvalue weighted by Crippen LogP contribution is -2.41. The van der Waals surface area contributed by atoms with Gasteiger partial charge in [-0.15, -0.1) is 0 Å². The zero-order valence-corrected chi connectivity index (χ0v) is 16.1. The lowest BCUT2D eigenvalue weighted by Gasteiger charge is -2.26. The van der Waals surface area contributed by atoms with E-state index in [-0.39, 0.29) is 44.2 Å². The Balaban J connectivity index is 1.83. The first kappa shape index (κ1) is 20.4. The molecular weight excluding hydrogens is 390 g/mol. The Labute approximate surface area is 162 Å². The van der Waals surface area contributed by atoms with Gasteiger partial charge in [0.2, 0.25) is 10.0 Å². The van der Waals surface area contributed by atoms with Crippen molar-refractivity contribution in [3.05, 3.63) is 65.2 Å². The molecular formula is C19H20F2N2O4S. The number of carbonyl (C=O) groups is 1. The Bertz CT molecular complexity index is 958. The van der Waals surface area contributed by atoms with Crippen molar-refractivity contribution in [3.8, 4) is 0 Å². The van der Waals surface area contributed by atoms with Crippen LogP contribution < -0.4 is 0 Å². The standard InChI is InChI=1S/C19H20F2N2O4S/c1-22(13-14-2-5-16(20)6-3-14)19(24)15-4-7-17(21)18(12-15)28(25,26)23-8-10-27-11-9-23/h2-7,12H,8-11,13H2,1H3. The molecule has 0 aromatic heterocycles. The fourth-order valence-corrected chi connectivity index (χ4v) is 4.41. The minimum Gasteiger partial charge on any atom is -0.379 e. The van der Waals surface area contributed by atoms with Crippen LogP contribution in [0.3, 0.4) is 0 Å². The van der Waals surface area contributed by atoms with Gasteiger partial charge in [0.1, 0.15) is 16.5 Å². The molecule has 150 valence electrons. The lowest BCUT2D eigenvalue weighted by atomic mass is 10.1. The number of ether oxygens (including phenoxy) is 1. The number of morpholine rings is 1. The van der Waals surface area contributed by atoms with Gasteiger partial charge in [0, 0.05) is 32.2 Å². The van der Waals surface area contributed by atoms with Crippen molar-refractivity contribution in [3.63, 3.8) is 0 Å². The zero-order valence-electron chi connectivity index (χ0n) is 15.3. The average molecular weight is 410 g/mol. The maximum absolute atomic E-state index is 14.3. The molecule has 28 heavy (non-hydrogen) atoms. The summed E-state index contributed by atoms with van der Waals surface area (Å²) in [4.78, 5) is 13.5. The summed E-state index contributed by atoms with van der Waals surface area (Å²) in [5.41, 5.74) is 0.762. The quantitative estimate of drug-likeness (QED) is 0.759. The molecule has 0 N–H and O–H groups in total. The van der Waals surface area contributed by atoms with E-state index in [0.717, 1.165) is 16.4 Å². The Hall–Kier alpha value is -2.36. The van der Waals surface area contributed by atoms with Crippen LogP contribution in [-0.2, 0) is 21.3 Å². The number of amides is 1. The van der Waals surface area contributed by atoms with Gasteiger partial charge in [-0.3, -0.25) is 4.79 Å². The smallest absolute Gasteiger partial charge is 0.253 e. The Kier molecular flexibility index (Phi) is 6.07. The second-order valence-corrected chi connectivity index (χ2v) is 8.36. The van der Waals surface area contributed by atoms with Gasteiger partial charge in [0.05, 0.1) is 13.2 Å². The van der Waals surface area contributed by atoms with Gasteiger partial charge >= 0.3 is 0 Å². The molecule has 0 bridgehead atoms. The SMILES string of the molecule is CN(Cc1ccc(F)cc1)C(=O)c1ccc(F)c(S(=O)(=O)N2CCOCC2)c1. The summed E-state index contributed by atoms with van der Waals surface area (Å²) >= 11 is 0. The Morgan fingerprint density at radius 1 is 1.11 bits per heavy atom. The molecule has 1 fully saturated rings. The third-order valence-electron chi connectivity index (χ3n) is 4.45. The van der Waals surface area contributed by atoms with Crippen LogP contribution in [0.15, 0.2) is 47.4 Å². The molecule has 0 spiro atoms. The molecule has 2 aromatic rings. The van der Waals surface area contributed by atoms with Crippen molar-refractivity contribution in [2.75, 3.05) is 33.4 Å². The monoisotopic (exact) mass is 410 g/mol. The maximum atomic E-state index is 14.3. The highest BCUT2D eigenvalue weighted by Crippen LogP contribution is 2.22. The normalized spacial score (nSPS) is 15.4. The van der Waals surface area contributed by atoms with Gasteiger partial charge in [-0.05, 0) is 35.9 Å². The third-order valence-corrected chi connectivity index (χ3v) is 6.36. The molecule has 1 saturated heterocycles. The summed E-state index contributed by atoms with van der Waals surface area (Å²) in [7, 11) is -2.54. The van der Waals surface area contributed by atoms with Crippen LogP contribution in [0.25, 0.3) is 0 Å². The Morgan fingerprint density at radius 3 is 2.39 bits per heavy atom. The molecule has 9 heteroatoms. The first-order valence-corrected chi connectivity index (χ1v) is 10.1. The van der Waals surface area contributed by atoms with Gasteiger partial charge in [0.25, 0.3) is 5.91 Å². The number of carbonyl (C=O) groups excluding carboxylic acids is 1. The molecule has 1 heterocycles. The summed E-state index contributed by atoms with van der Waals surface area (Å²) in [5, 5.41) is 0. The van der Waals surface area contributed by atoms with E-state index in [4.69, 9.17) is 4.74 Å². The van der Waals surface area contributed by atoms with Gasteiger partial charge < -0.3 is 9.64 Å². The molecule has 3 rings (SSSR count). The number of benzene rings is 2. The lowest BCUT2D eigenvalue weighted by molar-refractivity contribution is 0.0729. The van der Waals surface area contributed by atoms with E-state index in [1.165, 1.54) is 30.1 Å². The third kappa shape index (κ3) is 4.37. The first-order chi connectivity index (χ1) is 13.3. The highest BCUT2D eigenvalue weighted by atomic mass is 32.2. The predicted molar refractivity (Wildman–Crippen MR) is 98.2 cm³/mol. The minimum atomic E-state index is -4.07.